The van der Waals surface area contributed by atoms with Gasteiger partial charge in [0, 0.05) is 29.0 Å². The number of nitrogens with zero attached hydrogens (tertiary/aromatic N) is 4. The Balaban J connectivity index is 0.996. The van der Waals surface area contributed by atoms with E-state index in [0.717, 1.165) is 73.2 Å². The molecule has 6 heterocycles. The molecule has 0 bridgehead atoms. The van der Waals surface area contributed by atoms with Crippen LogP contribution >= 0.6 is 0 Å². The molecule has 4 aliphatic rings. The van der Waals surface area contributed by atoms with Gasteiger partial charge in [-0.15, -0.1) is 0 Å². The van der Waals surface area contributed by atoms with Crippen LogP contribution in [0.3, 0.4) is 0 Å². The number of primary amides is 1. The number of nitrogens with two attached hydrogens (primary N) is 1. The standard InChI is InChI=1S/C34H34FN5O5Si/c35-23-16-20(31(36)41)4-6-22(23)26-9-5-19-2-1-3-21(29(19)45-26)18-10-13-39(14-11-18)17-28-37-24-7-8-25(34(42)43)38-32(24)40(28)33-30(46-33)27-12-15-44-27/h1-9,16,18,26-27,30,33H,10-15,17,46H2,(H2,36,41)(H,42,43)/t26?,27?,30?,33-/m1/s1. The first-order valence-corrected chi connectivity index (χ1v) is 17.5. The van der Waals surface area contributed by atoms with Crippen molar-refractivity contribution in [3.05, 3.63) is 94.2 Å². The lowest BCUT2D eigenvalue weighted by Crippen LogP contribution is -2.33. The number of hydrogen-bond acceptors (Lipinski definition) is 7. The first-order chi connectivity index (χ1) is 22.3. The normalized spacial score (nSPS) is 24.8. The van der Waals surface area contributed by atoms with Gasteiger partial charge in [0.15, 0.2) is 11.3 Å². The fourth-order valence-electron chi connectivity index (χ4n) is 7.29. The maximum absolute atomic E-state index is 15.0. The van der Waals surface area contributed by atoms with Crippen LogP contribution in [0, 0.1) is 5.82 Å². The molecule has 0 radical (unpaired) electrons. The zero-order chi connectivity index (χ0) is 31.5. The maximum Gasteiger partial charge on any atom is 0.354 e. The summed E-state index contributed by atoms with van der Waals surface area (Å²) in [6.07, 6.45) is 6.46. The summed E-state index contributed by atoms with van der Waals surface area (Å²) < 4.78 is 29.4. The topological polar surface area (TPSA) is 133 Å². The fourth-order valence-corrected chi connectivity index (χ4v) is 9.47. The Morgan fingerprint density at radius 2 is 1.89 bits per heavy atom. The van der Waals surface area contributed by atoms with Crippen LogP contribution in [0.25, 0.3) is 17.2 Å². The minimum absolute atomic E-state index is 0.0377. The van der Waals surface area contributed by atoms with Crippen molar-refractivity contribution in [3.63, 3.8) is 0 Å². The number of likely N-dealkylation sites (tertiary alicyclic amines) is 1. The van der Waals surface area contributed by atoms with Crippen molar-refractivity contribution in [2.24, 2.45) is 5.73 Å². The van der Waals surface area contributed by atoms with E-state index in [1.54, 1.807) is 12.1 Å². The van der Waals surface area contributed by atoms with Crippen molar-refractivity contribution < 1.29 is 28.6 Å². The second-order valence-corrected chi connectivity index (χ2v) is 15.0. The third-order valence-electron chi connectivity index (χ3n) is 9.93. The van der Waals surface area contributed by atoms with Gasteiger partial charge >= 0.3 is 5.97 Å². The quantitative estimate of drug-likeness (QED) is 0.275. The SMILES string of the molecule is NC(=O)c1ccc(C2C=Cc3cccc(C4CCN(Cc5nc6ccc(C(=O)O)nc6n5[C@@H]5[SiH2]C5C5CCO5)CC4)c3O2)c(F)c1. The predicted octanol–water partition coefficient (Wildman–Crippen LogP) is 4.15. The average Bonchev–Trinajstić information content (AvgIpc) is 3.70. The Bertz CT molecular complexity index is 1900. The van der Waals surface area contributed by atoms with Gasteiger partial charge in [-0.2, -0.15) is 0 Å². The van der Waals surface area contributed by atoms with Crippen LogP contribution in [0.15, 0.2) is 54.6 Å². The van der Waals surface area contributed by atoms with Crippen LogP contribution in [0.5, 0.6) is 5.75 Å². The summed E-state index contributed by atoms with van der Waals surface area (Å²) in [5.74, 6) is -0.244. The van der Waals surface area contributed by atoms with Gasteiger partial charge in [0.25, 0.3) is 0 Å². The highest BCUT2D eigenvalue weighted by atomic mass is 28.2. The molecule has 8 rings (SSSR count). The van der Waals surface area contributed by atoms with E-state index in [2.05, 4.69) is 20.5 Å². The van der Waals surface area contributed by atoms with Crippen LogP contribution in [0.4, 0.5) is 4.39 Å². The molecular formula is C34H34FN5O5Si. The molecule has 46 heavy (non-hydrogen) atoms. The van der Waals surface area contributed by atoms with Gasteiger partial charge in [-0.25, -0.2) is 19.2 Å². The van der Waals surface area contributed by atoms with Crippen molar-refractivity contribution in [1.82, 2.24) is 19.4 Å². The minimum Gasteiger partial charge on any atom is -0.481 e. The smallest absolute Gasteiger partial charge is 0.354 e. The number of carboxylic acid groups (broad SMARTS) is 1. The number of rotatable bonds is 8. The summed E-state index contributed by atoms with van der Waals surface area (Å²) in [5.41, 5.74) is 10.2. The molecule has 0 saturated carbocycles. The minimum atomic E-state index is -1.04. The van der Waals surface area contributed by atoms with Gasteiger partial charge in [-0.1, -0.05) is 30.3 Å². The van der Waals surface area contributed by atoms with Gasteiger partial charge in [0.05, 0.1) is 22.2 Å². The number of imidazole rings is 1. The van der Waals surface area contributed by atoms with Crippen LogP contribution in [-0.4, -0.2) is 71.7 Å². The largest absolute Gasteiger partial charge is 0.481 e. The van der Waals surface area contributed by atoms with Gasteiger partial charge in [-0.05, 0) is 79.7 Å². The number of benzene rings is 2. The zero-order valence-electron chi connectivity index (χ0n) is 25.1. The summed E-state index contributed by atoms with van der Waals surface area (Å²) in [7, 11) is -0.416. The van der Waals surface area contributed by atoms with Crippen LogP contribution in [-0.2, 0) is 11.3 Å². The molecule has 3 fully saturated rings. The lowest BCUT2D eigenvalue weighted by atomic mass is 9.87. The van der Waals surface area contributed by atoms with Gasteiger partial charge in [0.2, 0.25) is 5.91 Å². The van der Waals surface area contributed by atoms with Crippen molar-refractivity contribution in [1.29, 1.82) is 0 Å². The Kier molecular flexibility index (Phi) is 7.22. The number of carbonyl (C=O) groups is 2. The van der Waals surface area contributed by atoms with Gasteiger partial charge in [0.1, 0.15) is 29.0 Å². The molecule has 3 unspecified atom stereocenters. The molecule has 0 spiro atoms. The van der Waals surface area contributed by atoms with E-state index >= 15 is 0 Å². The summed E-state index contributed by atoms with van der Waals surface area (Å²) in [6, 6.07) is 13.7. The highest BCUT2D eigenvalue weighted by molar-refractivity contribution is 6.53. The van der Waals surface area contributed by atoms with E-state index in [-0.39, 0.29) is 17.2 Å². The third-order valence-corrected chi connectivity index (χ3v) is 12.3. The van der Waals surface area contributed by atoms with Crippen LogP contribution < -0.4 is 10.5 Å². The maximum atomic E-state index is 15.0. The number of hydrogen-bond donors (Lipinski definition) is 2. The monoisotopic (exact) mass is 639 g/mol. The number of aromatic nitrogens is 3. The summed E-state index contributed by atoms with van der Waals surface area (Å²) in [6.45, 7) is 3.23. The second-order valence-electron chi connectivity index (χ2n) is 12.7. The molecule has 4 aromatic rings. The molecule has 4 aliphatic heterocycles. The molecule has 12 heteroatoms. The summed E-state index contributed by atoms with van der Waals surface area (Å²) in [5, 5.41) is 9.59. The van der Waals surface area contributed by atoms with Crippen molar-refractivity contribution in [2.45, 2.75) is 55.1 Å². The molecule has 236 valence electrons. The number of amides is 1. The van der Waals surface area contributed by atoms with E-state index in [4.69, 9.17) is 20.2 Å². The molecule has 2 aromatic carbocycles. The molecular weight excluding hydrogens is 605 g/mol. The number of para-hydroxylation sites is 1. The highest BCUT2D eigenvalue weighted by Crippen LogP contribution is 2.49. The lowest BCUT2D eigenvalue weighted by molar-refractivity contribution is -0.0494. The third kappa shape index (κ3) is 5.19. The first kappa shape index (κ1) is 29.0. The highest BCUT2D eigenvalue weighted by Gasteiger charge is 2.49. The molecule has 4 atom stereocenters. The second kappa shape index (κ2) is 11.4. The van der Waals surface area contributed by atoms with Crippen molar-refractivity contribution >= 4 is 38.6 Å². The van der Waals surface area contributed by atoms with Crippen molar-refractivity contribution in [3.8, 4) is 5.75 Å². The van der Waals surface area contributed by atoms with Crippen molar-refractivity contribution in [2.75, 3.05) is 19.7 Å². The Morgan fingerprint density at radius 1 is 1.07 bits per heavy atom. The van der Waals surface area contributed by atoms with E-state index in [1.165, 1.54) is 12.1 Å². The molecule has 0 aliphatic carbocycles. The molecule has 3 saturated heterocycles. The van der Waals surface area contributed by atoms with Gasteiger partial charge < -0.3 is 24.9 Å². The molecule has 1 amide bonds. The Hall–Kier alpha value is -4.39. The van der Waals surface area contributed by atoms with Crippen LogP contribution in [0.2, 0.25) is 5.54 Å². The van der Waals surface area contributed by atoms with Gasteiger partial charge in [-0.3, -0.25) is 9.69 Å². The molecule has 3 N–H and O–H groups in total. The predicted molar refractivity (Wildman–Crippen MR) is 171 cm³/mol. The number of piperidine rings is 1. The summed E-state index contributed by atoms with van der Waals surface area (Å²) in [4.78, 5) is 35.1. The number of fused-ring (bicyclic) bond motifs is 2. The van der Waals surface area contributed by atoms with E-state index in [0.29, 0.717) is 35.1 Å². The number of halogens is 1. The molecule has 10 nitrogen and oxygen atoms in total. The van der Waals surface area contributed by atoms with E-state index in [1.807, 2.05) is 24.3 Å². The average molecular weight is 640 g/mol. The number of ether oxygens (including phenoxy) is 2. The Morgan fingerprint density at radius 3 is 2.61 bits per heavy atom. The lowest BCUT2D eigenvalue weighted by Gasteiger charge is -2.34. The van der Waals surface area contributed by atoms with E-state index < -0.39 is 33.3 Å². The zero-order valence-corrected chi connectivity index (χ0v) is 26.6. The first-order valence-electron chi connectivity index (χ1n) is 15.9. The number of carboxylic acids is 1. The van der Waals surface area contributed by atoms with E-state index in [9.17, 15) is 19.1 Å². The number of aromatic carboxylic acids is 1. The summed E-state index contributed by atoms with van der Waals surface area (Å²) >= 11 is 0. The van der Waals surface area contributed by atoms with Crippen LogP contribution in [0.1, 0.15) is 80.3 Å². The fraction of sp³-hybridized carbons (Fsp3) is 0.353. The Labute approximate surface area is 266 Å². The number of carbonyl (C=O) groups excluding carboxylic acids is 1. The number of pyridine rings is 1. The molecule has 2 aromatic heterocycles.